The maximum atomic E-state index is 11.1. The van der Waals surface area contributed by atoms with Crippen LogP contribution in [0, 0.1) is 0 Å². The molecule has 1 rings (SSSR count). The molecule has 2 N–H and O–H groups in total. The Morgan fingerprint density at radius 3 is 2.12 bits per heavy atom. The predicted molar refractivity (Wildman–Crippen MR) is 62.6 cm³/mol. The maximum absolute atomic E-state index is 11.1. The van der Waals surface area contributed by atoms with E-state index >= 15 is 0 Å². The zero-order chi connectivity index (χ0) is 12.3. The fourth-order valence-corrected chi connectivity index (χ4v) is 1.52. The molecule has 88 valence electrons. The second-order valence-corrected chi connectivity index (χ2v) is 4.57. The molecular formula is C13H18O3. The minimum atomic E-state index is -1.21. The lowest BCUT2D eigenvalue weighted by molar-refractivity contribution is -0.144. The highest BCUT2D eigenvalue weighted by Gasteiger charge is 2.34. The fourth-order valence-electron chi connectivity index (χ4n) is 1.52. The summed E-state index contributed by atoms with van der Waals surface area (Å²) in [6.07, 6.45) is 0. The first kappa shape index (κ1) is 12.7. The number of hydrogen-bond donors (Lipinski definition) is 2. The predicted octanol–water partition coefficient (Wildman–Crippen LogP) is 2.14. The van der Waals surface area contributed by atoms with E-state index in [1.807, 2.05) is 12.1 Å². The lowest BCUT2D eigenvalue weighted by atomic mass is 9.82. The molecule has 0 aliphatic rings. The van der Waals surface area contributed by atoms with E-state index < -0.39 is 18.0 Å². The van der Waals surface area contributed by atoms with E-state index in [0.717, 1.165) is 5.56 Å². The van der Waals surface area contributed by atoms with Crippen molar-refractivity contribution in [3.05, 3.63) is 35.4 Å². The molecule has 0 amide bonds. The number of benzene rings is 1. The molecule has 0 saturated carbocycles. The second kappa shape index (κ2) is 4.66. The second-order valence-electron chi connectivity index (χ2n) is 4.57. The largest absolute Gasteiger partial charge is 0.481 e. The van der Waals surface area contributed by atoms with Gasteiger partial charge in [-0.15, -0.1) is 0 Å². The van der Waals surface area contributed by atoms with Crippen LogP contribution in [-0.4, -0.2) is 22.8 Å². The summed E-state index contributed by atoms with van der Waals surface area (Å²) in [4.78, 5) is 11.1. The van der Waals surface area contributed by atoms with Crippen LogP contribution in [0.2, 0.25) is 0 Å². The number of aliphatic hydroxyl groups is 1. The Kier molecular flexibility index (Phi) is 3.70. The van der Waals surface area contributed by atoms with E-state index in [9.17, 15) is 9.90 Å². The molecule has 3 nitrogen and oxygen atoms in total. The molecule has 1 atom stereocenters. The topological polar surface area (TPSA) is 57.5 Å². The van der Waals surface area contributed by atoms with E-state index in [0.29, 0.717) is 11.5 Å². The van der Waals surface area contributed by atoms with Crippen molar-refractivity contribution in [1.82, 2.24) is 0 Å². The van der Waals surface area contributed by atoms with Crippen LogP contribution in [0.25, 0.3) is 0 Å². The van der Waals surface area contributed by atoms with Crippen molar-refractivity contribution in [3.8, 4) is 0 Å². The van der Waals surface area contributed by atoms with Gasteiger partial charge in [0.25, 0.3) is 0 Å². The summed E-state index contributed by atoms with van der Waals surface area (Å²) in [6.45, 7) is 5.29. The van der Waals surface area contributed by atoms with Crippen LogP contribution in [0.1, 0.15) is 37.8 Å². The Morgan fingerprint density at radius 2 is 1.81 bits per heavy atom. The number of carbonyl (C=O) groups is 1. The first-order valence-corrected chi connectivity index (χ1v) is 5.36. The Bertz CT molecular complexity index is 367. The Hall–Kier alpha value is -1.35. The lowest BCUT2D eigenvalue weighted by Gasteiger charge is -2.23. The molecule has 0 aliphatic heterocycles. The zero-order valence-electron chi connectivity index (χ0n) is 9.90. The molecule has 3 heteroatoms. The lowest BCUT2D eigenvalue weighted by Crippen LogP contribution is -2.36. The van der Waals surface area contributed by atoms with Gasteiger partial charge in [0.15, 0.2) is 0 Å². The maximum Gasteiger partial charge on any atom is 0.316 e. The van der Waals surface area contributed by atoms with Crippen LogP contribution in [0.4, 0.5) is 0 Å². The summed E-state index contributed by atoms with van der Waals surface area (Å²) in [6, 6.07) is 7.38. The van der Waals surface area contributed by atoms with Gasteiger partial charge in [-0.05, 0) is 24.0 Å². The molecular weight excluding hydrogens is 204 g/mol. The number of hydrogen-bond acceptors (Lipinski definition) is 2. The van der Waals surface area contributed by atoms with Crippen molar-refractivity contribution in [1.29, 1.82) is 0 Å². The molecule has 0 aliphatic carbocycles. The average molecular weight is 222 g/mol. The van der Waals surface area contributed by atoms with Crippen molar-refractivity contribution in [2.24, 2.45) is 0 Å². The molecule has 1 aromatic rings. The molecule has 0 fully saturated rings. The van der Waals surface area contributed by atoms with Crippen LogP contribution < -0.4 is 0 Å². The smallest absolute Gasteiger partial charge is 0.316 e. The van der Waals surface area contributed by atoms with Gasteiger partial charge in [-0.2, -0.15) is 0 Å². The SMILES string of the molecule is CC(C)c1ccc(C(C)(CO)C(=O)O)cc1. The van der Waals surface area contributed by atoms with E-state index in [1.54, 1.807) is 12.1 Å². The van der Waals surface area contributed by atoms with Gasteiger partial charge in [-0.3, -0.25) is 4.79 Å². The number of aliphatic carboxylic acids is 1. The minimum Gasteiger partial charge on any atom is -0.481 e. The first-order chi connectivity index (χ1) is 7.41. The summed E-state index contributed by atoms with van der Waals surface area (Å²) in [5.74, 6) is -0.591. The molecule has 0 spiro atoms. The molecule has 0 aromatic heterocycles. The van der Waals surface area contributed by atoms with Crippen LogP contribution in [0.5, 0.6) is 0 Å². The van der Waals surface area contributed by atoms with Gasteiger partial charge in [0, 0.05) is 0 Å². The zero-order valence-corrected chi connectivity index (χ0v) is 9.90. The Morgan fingerprint density at radius 1 is 1.31 bits per heavy atom. The summed E-state index contributed by atoms with van der Waals surface area (Å²) in [7, 11) is 0. The summed E-state index contributed by atoms with van der Waals surface area (Å²) in [5.41, 5.74) is 0.580. The third-order valence-corrected chi connectivity index (χ3v) is 3.00. The van der Waals surface area contributed by atoms with Gasteiger partial charge in [-0.1, -0.05) is 38.1 Å². The summed E-state index contributed by atoms with van der Waals surface area (Å²) in [5, 5.41) is 18.3. The molecule has 0 radical (unpaired) electrons. The minimum absolute atomic E-state index is 0.399. The molecule has 0 heterocycles. The fraction of sp³-hybridized carbons (Fsp3) is 0.462. The third-order valence-electron chi connectivity index (χ3n) is 3.00. The summed E-state index contributed by atoms with van der Waals surface area (Å²) >= 11 is 0. The van der Waals surface area contributed by atoms with Crippen molar-refractivity contribution in [3.63, 3.8) is 0 Å². The van der Waals surface area contributed by atoms with Crippen molar-refractivity contribution in [2.75, 3.05) is 6.61 Å². The van der Waals surface area contributed by atoms with Gasteiger partial charge in [-0.25, -0.2) is 0 Å². The third kappa shape index (κ3) is 2.25. The number of carboxylic acid groups (broad SMARTS) is 1. The Balaban J connectivity index is 3.09. The molecule has 0 bridgehead atoms. The highest BCUT2D eigenvalue weighted by Crippen LogP contribution is 2.25. The van der Waals surface area contributed by atoms with Crippen molar-refractivity contribution in [2.45, 2.75) is 32.1 Å². The molecule has 1 aromatic carbocycles. The molecule has 1 unspecified atom stereocenters. The van der Waals surface area contributed by atoms with Crippen LogP contribution in [0.15, 0.2) is 24.3 Å². The van der Waals surface area contributed by atoms with Gasteiger partial charge in [0.1, 0.15) is 5.41 Å². The van der Waals surface area contributed by atoms with E-state index in [1.165, 1.54) is 6.92 Å². The number of rotatable bonds is 4. The quantitative estimate of drug-likeness (QED) is 0.820. The first-order valence-electron chi connectivity index (χ1n) is 5.36. The standard InChI is InChI=1S/C13H18O3/c1-9(2)10-4-6-11(7-5-10)13(3,8-14)12(15)16/h4-7,9,14H,8H2,1-3H3,(H,15,16). The highest BCUT2D eigenvalue weighted by molar-refractivity contribution is 5.81. The van der Waals surface area contributed by atoms with E-state index in [-0.39, 0.29) is 0 Å². The van der Waals surface area contributed by atoms with Gasteiger partial charge < -0.3 is 10.2 Å². The monoisotopic (exact) mass is 222 g/mol. The van der Waals surface area contributed by atoms with Gasteiger partial charge in [0.2, 0.25) is 0 Å². The van der Waals surface area contributed by atoms with Gasteiger partial charge >= 0.3 is 5.97 Å². The molecule has 16 heavy (non-hydrogen) atoms. The summed E-state index contributed by atoms with van der Waals surface area (Å²) < 4.78 is 0. The van der Waals surface area contributed by atoms with Crippen LogP contribution >= 0.6 is 0 Å². The van der Waals surface area contributed by atoms with E-state index in [2.05, 4.69) is 13.8 Å². The molecule has 0 saturated heterocycles. The van der Waals surface area contributed by atoms with Crippen LogP contribution in [-0.2, 0) is 10.2 Å². The number of carboxylic acids is 1. The van der Waals surface area contributed by atoms with Crippen molar-refractivity contribution >= 4 is 5.97 Å². The van der Waals surface area contributed by atoms with E-state index in [4.69, 9.17) is 5.11 Å². The van der Waals surface area contributed by atoms with Gasteiger partial charge in [0.05, 0.1) is 6.61 Å². The van der Waals surface area contributed by atoms with Crippen LogP contribution in [0.3, 0.4) is 0 Å². The number of aliphatic hydroxyl groups excluding tert-OH is 1. The average Bonchev–Trinajstić information content (AvgIpc) is 2.27. The Labute approximate surface area is 95.7 Å². The highest BCUT2D eigenvalue weighted by atomic mass is 16.4. The normalized spacial score (nSPS) is 14.8. The van der Waals surface area contributed by atoms with Crippen molar-refractivity contribution < 1.29 is 15.0 Å².